The van der Waals surface area contributed by atoms with Gasteiger partial charge in [-0.3, -0.25) is 10.1 Å². The van der Waals surface area contributed by atoms with E-state index in [9.17, 15) is 14.3 Å². The zero-order chi connectivity index (χ0) is 15.3. The van der Waals surface area contributed by atoms with Gasteiger partial charge in [-0.2, -0.15) is 0 Å². The van der Waals surface area contributed by atoms with Crippen molar-refractivity contribution < 1.29 is 9.13 Å². The number of non-ortho nitro benzene ring substituents is 1. The molecule has 0 saturated heterocycles. The number of hydrogen-bond donors (Lipinski definition) is 1. The van der Waals surface area contributed by atoms with Gasteiger partial charge in [0.05, 0.1) is 15.4 Å². The first-order valence-electron chi connectivity index (χ1n) is 7.97. The van der Waals surface area contributed by atoms with Crippen molar-refractivity contribution in [1.29, 1.82) is 0 Å². The molecule has 5 nitrogen and oxygen atoms in total. The van der Waals surface area contributed by atoms with Crippen LogP contribution in [-0.4, -0.2) is 13.9 Å². The first kappa shape index (κ1) is 14.2. The summed E-state index contributed by atoms with van der Waals surface area (Å²) in [4.78, 5) is 10.4. The average Bonchev–Trinajstić information content (AvgIpc) is 2.46. The highest BCUT2D eigenvalue weighted by atomic mass is 32.2. The molecule has 22 heavy (non-hydrogen) atoms. The molecule has 4 aliphatic rings. The fraction of sp³-hybridized carbons (Fsp3) is 0.625. The lowest BCUT2D eigenvalue weighted by Gasteiger charge is -2.55. The molecule has 118 valence electrons. The van der Waals surface area contributed by atoms with Crippen LogP contribution in [0.4, 0.5) is 11.4 Å². The van der Waals surface area contributed by atoms with Crippen molar-refractivity contribution in [1.82, 2.24) is 0 Å². The maximum absolute atomic E-state index is 13.0. The number of nitro benzene ring substituents is 1. The van der Waals surface area contributed by atoms with Gasteiger partial charge in [-0.1, -0.05) is 6.07 Å². The van der Waals surface area contributed by atoms with Crippen molar-refractivity contribution in [2.45, 2.75) is 43.3 Å². The number of hydrogen-bond acceptors (Lipinski definition) is 3. The third-order valence-corrected chi connectivity index (χ3v) is 7.35. The Kier molecular flexibility index (Phi) is 3.25. The lowest BCUT2D eigenvalue weighted by molar-refractivity contribution is -0.384. The Morgan fingerprint density at radius 3 is 2.27 bits per heavy atom. The minimum Gasteiger partial charge on any atom is -0.304 e. The lowest BCUT2D eigenvalue weighted by atomic mass is 9.56. The summed E-state index contributed by atoms with van der Waals surface area (Å²) in [5, 5.41) is 10.9. The van der Waals surface area contributed by atoms with Gasteiger partial charge in [0, 0.05) is 12.1 Å². The SMILES string of the molecule is O=[N+]([O-])c1cccc(N[S@@](=O)C23CC4CC(CC(C4)C2)C3)c1. The standard InChI is InChI=1S/C16H20N2O3S/c19-18(20)15-3-1-2-14(7-15)17-22(21)16-8-11-4-12(9-16)6-13(5-11)10-16/h1-3,7,11-13,17H,4-6,8-10H2/t11?,12?,13?,16?,22-/m0/s1. The predicted molar refractivity (Wildman–Crippen MR) is 85.8 cm³/mol. The number of benzene rings is 1. The van der Waals surface area contributed by atoms with Gasteiger partial charge in [0.25, 0.3) is 5.69 Å². The van der Waals surface area contributed by atoms with E-state index in [1.54, 1.807) is 12.1 Å². The highest BCUT2D eigenvalue weighted by Gasteiger charge is 2.54. The Morgan fingerprint density at radius 1 is 1.14 bits per heavy atom. The number of nitro groups is 1. The van der Waals surface area contributed by atoms with E-state index in [0.717, 1.165) is 37.0 Å². The van der Waals surface area contributed by atoms with E-state index in [1.807, 2.05) is 0 Å². The molecule has 0 radical (unpaired) electrons. The predicted octanol–water partition coefficient (Wildman–Crippen LogP) is 3.64. The first-order chi connectivity index (χ1) is 10.5. The van der Waals surface area contributed by atoms with E-state index in [0.29, 0.717) is 5.69 Å². The van der Waals surface area contributed by atoms with Crippen LogP contribution in [0.2, 0.25) is 0 Å². The second-order valence-corrected chi connectivity index (χ2v) is 8.89. The Hall–Kier alpha value is -1.43. The van der Waals surface area contributed by atoms with E-state index in [-0.39, 0.29) is 10.4 Å². The van der Waals surface area contributed by atoms with Crippen molar-refractivity contribution in [2.75, 3.05) is 4.72 Å². The molecule has 0 amide bonds. The normalized spacial score (nSPS) is 37.0. The van der Waals surface area contributed by atoms with Crippen LogP contribution in [-0.2, 0) is 11.0 Å². The molecule has 4 fully saturated rings. The summed E-state index contributed by atoms with van der Waals surface area (Å²) in [5.41, 5.74) is 0.621. The zero-order valence-corrected chi connectivity index (χ0v) is 13.2. The first-order valence-corrected chi connectivity index (χ1v) is 9.12. The summed E-state index contributed by atoms with van der Waals surface area (Å²) in [6, 6.07) is 6.32. The van der Waals surface area contributed by atoms with Crippen LogP contribution in [0, 0.1) is 27.9 Å². The highest BCUT2D eigenvalue weighted by Crippen LogP contribution is 2.57. The molecule has 0 aromatic heterocycles. The second-order valence-electron chi connectivity index (χ2n) is 7.28. The molecule has 0 unspecified atom stereocenters. The molecule has 4 aliphatic carbocycles. The highest BCUT2D eigenvalue weighted by molar-refractivity contribution is 7.87. The number of rotatable bonds is 4. The van der Waals surface area contributed by atoms with Crippen molar-refractivity contribution in [3.8, 4) is 0 Å². The van der Waals surface area contributed by atoms with Crippen LogP contribution in [0.5, 0.6) is 0 Å². The van der Waals surface area contributed by atoms with E-state index >= 15 is 0 Å². The topological polar surface area (TPSA) is 72.2 Å². The number of anilines is 1. The summed E-state index contributed by atoms with van der Waals surface area (Å²) < 4.78 is 15.9. The summed E-state index contributed by atoms with van der Waals surface area (Å²) in [7, 11) is -1.17. The Morgan fingerprint density at radius 2 is 1.73 bits per heavy atom. The summed E-state index contributed by atoms with van der Waals surface area (Å²) in [5.74, 6) is 2.21. The van der Waals surface area contributed by atoms with Crippen molar-refractivity contribution >= 4 is 22.4 Å². The van der Waals surface area contributed by atoms with E-state index < -0.39 is 15.9 Å². The fourth-order valence-electron chi connectivity index (χ4n) is 5.16. The third-order valence-electron chi connectivity index (χ3n) is 5.64. The molecular weight excluding hydrogens is 300 g/mol. The molecular formula is C16H20N2O3S. The Labute approximate surface area is 132 Å². The quantitative estimate of drug-likeness (QED) is 0.680. The van der Waals surface area contributed by atoms with E-state index in [1.165, 1.54) is 31.4 Å². The van der Waals surface area contributed by atoms with Crippen molar-refractivity contribution in [3.63, 3.8) is 0 Å². The smallest absolute Gasteiger partial charge is 0.271 e. The van der Waals surface area contributed by atoms with Gasteiger partial charge >= 0.3 is 0 Å². The third kappa shape index (κ3) is 2.33. The summed E-state index contributed by atoms with van der Waals surface area (Å²) in [6.45, 7) is 0. The zero-order valence-electron chi connectivity index (χ0n) is 12.4. The van der Waals surface area contributed by atoms with Crippen LogP contribution in [0.15, 0.2) is 24.3 Å². The van der Waals surface area contributed by atoms with Gasteiger partial charge in [-0.15, -0.1) is 0 Å². The van der Waals surface area contributed by atoms with Crippen LogP contribution in [0.25, 0.3) is 0 Å². The molecule has 5 rings (SSSR count). The van der Waals surface area contributed by atoms with Crippen LogP contribution in [0.1, 0.15) is 38.5 Å². The molecule has 1 aromatic rings. The minimum absolute atomic E-state index is 0.0347. The van der Waals surface area contributed by atoms with Gasteiger partial charge < -0.3 is 4.72 Å². The van der Waals surface area contributed by atoms with Gasteiger partial charge in [-0.25, -0.2) is 4.21 Å². The molecule has 1 N–H and O–H groups in total. The molecule has 1 aromatic carbocycles. The monoisotopic (exact) mass is 320 g/mol. The van der Waals surface area contributed by atoms with Gasteiger partial charge in [0.1, 0.15) is 11.0 Å². The minimum atomic E-state index is -1.17. The number of nitrogens with zero attached hydrogens (tertiary/aromatic N) is 1. The Bertz CT molecular complexity index is 611. The summed E-state index contributed by atoms with van der Waals surface area (Å²) >= 11 is 0. The Balaban J connectivity index is 1.55. The second kappa shape index (κ2) is 5.05. The molecule has 6 heteroatoms. The van der Waals surface area contributed by atoms with Gasteiger partial charge in [0.15, 0.2) is 0 Å². The van der Waals surface area contributed by atoms with Crippen molar-refractivity contribution in [2.24, 2.45) is 17.8 Å². The molecule has 0 heterocycles. The maximum Gasteiger partial charge on any atom is 0.271 e. The number of nitrogens with one attached hydrogen (secondary N) is 1. The van der Waals surface area contributed by atoms with Crippen LogP contribution >= 0.6 is 0 Å². The van der Waals surface area contributed by atoms with Crippen LogP contribution in [0.3, 0.4) is 0 Å². The van der Waals surface area contributed by atoms with E-state index in [4.69, 9.17) is 0 Å². The molecule has 1 atom stereocenters. The van der Waals surface area contributed by atoms with E-state index in [2.05, 4.69) is 4.72 Å². The molecule has 4 bridgehead atoms. The van der Waals surface area contributed by atoms with Gasteiger partial charge in [-0.05, 0) is 62.3 Å². The van der Waals surface area contributed by atoms with Crippen LogP contribution < -0.4 is 4.72 Å². The summed E-state index contributed by atoms with van der Waals surface area (Å²) in [6.07, 6.45) is 7.09. The largest absolute Gasteiger partial charge is 0.304 e. The fourth-order valence-corrected chi connectivity index (χ4v) is 6.88. The molecule has 4 saturated carbocycles. The maximum atomic E-state index is 13.0. The lowest BCUT2D eigenvalue weighted by Crippen LogP contribution is -2.54. The molecule has 0 aliphatic heterocycles. The van der Waals surface area contributed by atoms with Crippen molar-refractivity contribution in [3.05, 3.63) is 34.4 Å². The molecule has 0 spiro atoms. The van der Waals surface area contributed by atoms with Gasteiger partial charge in [0.2, 0.25) is 0 Å². The average molecular weight is 320 g/mol.